The molecule has 6 heteroatoms. The molecular weight excluding hydrogens is 997 g/mol. The molecule has 0 aliphatic rings. The molecule has 0 rings (SSSR count). The summed E-state index contributed by atoms with van der Waals surface area (Å²) < 4.78 is 16.7. The first-order valence-corrected chi connectivity index (χ1v) is 30.9. The van der Waals surface area contributed by atoms with Crippen molar-refractivity contribution in [1.29, 1.82) is 0 Å². The number of ether oxygens (including phenoxy) is 3. The first kappa shape index (κ1) is 74.5. The molecule has 0 fully saturated rings. The van der Waals surface area contributed by atoms with Gasteiger partial charge < -0.3 is 14.2 Å². The van der Waals surface area contributed by atoms with Gasteiger partial charge in [0, 0.05) is 19.3 Å². The van der Waals surface area contributed by atoms with Crippen LogP contribution in [0.2, 0.25) is 0 Å². The van der Waals surface area contributed by atoms with Crippen LogP contribution in [0.3, 0.4) is 0 Å². The molecular formula is C75H108O6. The summed E-state index contributed by atoms with van der Waals surface area (Å²) in [5.74, 6) is -1.17. The molecule has 0 spiro atoms. The number of carbonyl (C=O) groups is 3. The lowest BCUT2D eigenvalue weighted by molar-refractivity contribution is -0.166. The molecule has 0 radical (unpaired) electrons. The molecule has 0 bridgehead atoms. The Morgan fingerprint density at radius 1 is 0.247 bits per heavy atom. The summed E-state index contributed by atoms with van der Waals surface area (Å²) in [6.45, 7) is 6.11. The molecule has 81 heavy (non-hydrogen) atoms. The van der Waals surface area contributed by atoms with Crippen molar-refractivity contribution >= 4 is 17.9 Å². The lowest BCUT2D eigenvalue weighted by Gasteiger charge is -2.18. The third-order valence-corrected chi connectivity index (χ3v) is 11.7. The largest absolute Gasteiger partial charge is 0.462 e. The number of rotatable bonds is 52. The summed E-state index contributed by atoms with van der Waals surface area (Å²) in [6.07, 6.45) is 105. The Balaban J connectivity index is 4.65. The van der Waals surface area contributed by atoms with Gasteiger partial charge in [0.25, 0.3) is 0 Å². The van der Waals surface area contributed by atoms with Gasteiger partial charge in [0.15, 0.2) is 6.10 Å². The van der Waals surface area contributed by atoms with Gasteiger partial charge in [-0.1, -0.05) is 252 Å². The Morgan fingerprint density at radius 2 is 0.469 bits per heavy atom. The summed E-state index contributed by atoms with van der Waals surface area (Å²) in [5, 5.41) is 0. The number of esters is 3. The van der Waals surface area contributed by atoms with E-state index in [1.165, 1.54) is 0 Å². The van der Waals surface area contributed by atoms with Crippen molar-refractivity contribution in [2.75, 3.05) is 13.2 Å². The van der Waals surface area contributed by atoms with E-state index in [9.17, 15) is 14.4 Å². The van der Waals surface area contributed by atoms with Crippen LogP contribution in [0, 0.1) is 0 Å². The monoisotopic (exact) mass is 1100 g/mol. The normalized spacial score (nSPS) is 13.8. The fourth-order valence-corrected chi connectivity index (χ4v) is 7.16. The van der Waals surface area contributed by atoms with Crippen molar-refractivity contribution in [2.45, 2.75) is 207 Å². The van der Waals surface area contributed by atoms with Crippen LogP contribution in [0.5, 0.6) is 0 Å². The van der Waals surface area contributed by atoms with E-state index < -0.39 is 12.1 Å². The lowest BCUT2D eigenvalue weighted by atomic mass is 10.2. The maximum Gasteiger partial charge on any atom is 0.306 e. The van der Waals surface area contributed by atoms with Crippen molar-refractivity contribution in [2.24, 2.45) is 0 Å². The minimum atomic E-state index is -0.877. The summed E-state index contributed by atoms with van der Waals surface area (Å²) in [7, 11) is 0. The fraction of sp³-hybridized carbons (Fsp3) is 0.453. The third kappa shape index (κ3) is 64.2. The van der Waals surface area contributed by atoms with Gasteiger partial charge in [0.1, 0.15) is 13.2 Å². The molecule has 0 aromatic carbocycles. The van der Waals surface area contributed by atoms with Crippen LogP contribution in [-0.2, 0) is 28.6 Å². The van der Waals surface area contributed by atoms with Crippen LogP contribution in [0.15, 0.2) is 231 Å². The van der Waals surface area contributed by atoms with E-state index in [2.05, 4.69) is 240 Å². The van der Waals surface area contributed by atoms with Crippen LogP contribution in [0.25, 0.3) is 0 Å². The second-order valence-electron chi connectivity index (χ2n) is 19.1. The summed E-state index contributed by atoms with van der Waals surface area (Å²) in [4.78, 5) is 38.2. The van der Waals surface area contributed by atoms with Crippen molar-refractivity contribution in [3.8, 4) is 0 Å². The molecule has 0 aliphatic carbocycles. The van der Waals surface area contributed by atoms with E-state index in [0.29, 0.717) is 19.3 Å². The van der Waals surface area contributed by atoms with Crippen LogP contribution >= 0.6 is 0 Å². The molecule has 0 heterocycles. The zero-order valence-electron chi connectivity index (χ0n) is 50.7. The molecule has 1 atom stereocenters. The van der Waals surface area contributed by atoms with Crippen LogP contribution in [0.4, 0.5) is 0 Å². The van der Waals surface area contributed by atoms with E-state index in [4.69, 9.17) is 14.2 Å². The average molecular weight is 1110 g/mol. The molecule has 0 saturated heterocycles. The van der Waals surface area contributed by atoms with Crippen molar-refractivity contribution in [3.63, 3.8) is 0 Å². The smallest absolute Gasteiger partial charge is 0.306 e. The fourth-order valence-electron chi connectivity index (χ4n) is 7.16. The molecule has 0 aromatic heterocycles. The second kappa shape index (κ2) is 66.0. The van der Waals surface area contributed by atoms with Gasteiger partial charge >= 0.3 is 17.9 Å². The Bertz CT molecular complexity index is 2090. The molecule has 0 N–H and O–H groups in total. The van der Waals surface area contributed by atoms with Gasteiger partial charge in [-0.2, -0.15) is 0 Å². The Hall–Kier alpha value is -6.53. The van der Waals surface area contributed by atoms with E-state index in [1.807, 2.05) is 12.2 Å². The van der Waals surface area contributed by atoms with Crippen molar-refractivity contribution < 1.29 is 28.6 Å². The third-order valence-electron chi connectivity index (χ3n) is 11.7. The summed E-state index contributed by atoms with van der Waals surface area (Å²) >= 11 is 0. The van der Waals surface area contributed by atoms with Crippen LogP contribution < -0.4 is 0 Å². The van der Waals surface area contributed by atoms with Crippen molar-refractivity contribution in [1.82, 2.24) is 0 Å². The average Bonchev–Trinajstić information content (AvgIpc) is 3.47. The highest BCUT2D eigenvalue weighted by Gasteiger charge is 2.19. The zero-order chi connectivity index (χ0) is 58.5. The van der Waals surface area contributed by atoms with E-state index in [0.717, 1.165) is 141 Å². The van der Waals surface area contributed by atoms with Crippen LogP contribution in [-0.4, -0.2) is 37.2 Å². The summed E-state index contributed by atoms with van der Waals surface area (Å²) in [6, 6.07) is 0. The van der Waals surface area contributed by atoms with E-state index in [-0.39, 0.29) is 44.4 Å². The van der Waals surface area contributed by atoms with E-state index >= 15 is 0 Å². The number of hydrogen-bond donors (Lipinski definition) is 0. The number of hydrogen-bond acceptors (Lipinski definition) is 6. The maximum atomic E-state index is 12.9. The summed E-state index contributed by atoms with van der Waals surface area (Å²) in [5.41, 5.74) is 0. The van der Waals surface area contributed by atoms with Crippen molar-refractivity contribution in [3.05, 3.63) is 231 Å². The second-order valence-corrected chi connectivity index (χ2v) is 19.1. The topological polar surface area (TPSA) is 78.9 Å². The zero-order valence-corrected chi connectivity index (χ0v) is 50.7. The predicted octanol–water partition coefficient (Wildman–Crippen LogP) is 21.5. The maximum absolute atomic E-state index is 12.9. The minimum absolute atomic E-state index is 0.163. The van der Waals surface area contributed by atoms with Gasteiger partial charge in [0.05, 0.1) is 0 Å². The molecule has 0 aromatic rings. The Morgan fingerprint density at radius 3 is 0.741 bits per heavy atom. The van der Waals surface area contributed by atoms with E-state index in [1.54, 1.807) is 0 Å². The first-order valence-electron chi connectivity index (χ1n) is 30.9. The minimum Gasteiger partial charge on any atom is -0.462 e. The molecule has 0 saturated carbocycles. The predicted molar refractivity (Wildman–Crippen MR) is 352 cm³/mol. The van der Waals surface area contributed by atoms with Gasteiger partial charge in [-0.15, -0.1) is 0 Å². The molecule has 0 aliphatic heterocycles. The number of unbranched alkanes of at least 4 members (excludes halogenated alkanes) is 3. The quantitative estimate of drug-likeness (QED) is 0.0261. The highest BCUT2D eigenvalue weighted by Crippen LogP contribution is 2.09. The van der Waals surface area contributed by atoms with Gasteiger partial charge in [-0.3, -0.25) is 14.4 Å². The highest BCUT2D eigenvalue weighted by molar-refractivity contribution is 5.71. The standard InChI is InChI=1S/C75H108O6/c1-4-7-10-13-16-19-22-25-28-30-32-33-34-35-36-37-38-39-40-41-43-44-47-50-53-56-59-62-65-68-74(77)80-71-72(70-79-73(76)67-64-61-58-55-52-49-46-27-24-21-18-15-12-9-6-3)81-75(78)69-66-63-60-57-54-51-48-45-42-31-29-26-23-20-17-14-11-8-5-2/h7-12,16-21,25-29,32-33,35-36,38-39,41-43,45-47,50-52,54-56,59-60,63,72H,4-6,13-15,22-24,30-31,34,37,40,44,48-49,53,57-58,61-62,64-71H2,1-3H3/b10-7-,11-8-,12-9-,19-16-,20-17-,21-18-,28-25-,29-26-,33-32-,36-35-,39-38-,43-41-,45-42-,46-27-,50-47-,54-51-,55-52-,59-56-,63-60-. The van der Waals surface area contributed by atoms with Crippen LogP contribution in [0.1, 0.15) is 201 Å². The number of carbonyl (C=O) groups excluding carboxylic acids is 3. The molecule has 1 unspecified atom stereocenters. The molecule has 444 valence electrons. The molecule has 6 nitrogen and oxygen atoms in total. The lowest BCUT2D eigenvalue weighted by Crippen LogP contribution is -2.30. The van der Waals surface area contributed by atoms with Gasteiger partial charge in [-0.05, 0) is 161 Å². The SMILES string of the molecule is CC/C=C\C/C=C\C/C=C\C/C=C\C/C=C\C/C=C\C/C=C\C/C=C\C/C=C\CCCC(=O)OCC(COC(=O)CCCC/C=C\C/C=C\C/C=C\C/C=C\CC)OC(=O)CC/C=C\C/C=C\C/C=C\C/C=C\C/C=C\C/C=C\CC. The Kier molecular flexibility index (Phi) is 60.7. The molecule has 0 amide bonds. The first-order chi connectivity index (χ1) is 40.0. The Labute approximate surface area is 494 Å². The number of allylic oxidation sites excluding steroid dienone is 38. The van der Waals surface area contributed by atoms with Gasteiger partial charge in [-0.25, -0.2) is 0 Å². The van der Waals surface area contributed by atoms with Gasteiger partial charge in [0.2, 0.25) is 0 Å². The highest BCUT2D eigenvalue weighted by atomic mass is 16.6.